The molecule has 106 valence electrons. The topological polar surface area (TPSA) is 69.4 Å². The van der Waals surface area contributed by atoms with Crippen molar-refractivity contribution in [2.75, 3.05) is 6.61 Å². The maximum atomic E-state index is 12.4. The summed E-state index contributed by atoms with van der Waals surface area (Å²) in [7, 11) is 0. The van der Waals surface area contributed by atoms with Crippen molar-refractivity contribution in [3.8, 4) is 5.75 Å². The molecule has 0 radical (unpaired) electrons. The summed E-state index contributed by atoms with van der Waals surface area (Å²) in [4.78, 5) is 23.1. The molecule has 0 aromatic heterocycles. The molecule has 0 aliphatic heterocycles. The normalized spacial score (nSPS) is 9.90. The highest BCUT2D eigenvalue weighted by atomic mass is 16.6. The number of hydrogen-bond acceptors (Lipinski definition) is 4. The lowest BCUT2D eigenvalue weighted by atomic mass is 10.0. The molecule has 0 saturated heterocycles. The Hall–Kier alpha value is -2.95. The summed E-state index contributed by atoms with van der Waals surface area (Å²) in [6.07, 6.45) is 1.48. The second-order valence-electron chi connectivity index (χ2n) is 4.20. The van der Waals surface area contributed by atoms with E-state index in [4.69, 9.17) is 4.74 Å². The number of ether oxygens (including phenoxy) is 1. The molecule has 0 spiro atoms. The van der Waals surface area contributed by atoms with Gasteiger partial charge in [-0.15, -0.1) is 0 Å². The van der Waals surface area contributed by atoms with Crippen LogP contribution in [0.3, 0.4) is 0 Å². The molecular weight excluding hydrogens is 270 g/mol. The molecule has 0 atom stereocenters. The van der Waals surface area contributed by atoms with Gasteiger partial charge in [0.2, 0.25) is 0 Å². The number of nitro groups is 1. The van der Waals surface area contributed by atoms with Gasteiger partial charge in [-0.3, -0.25) is 14.9 Å². The molecule has 5 nitrogen and oxygen atoms in total. The fourth-order valence-electron chi connectivity index (χ4n) is 1.90. The van der Waals surface area contributed by atoms with Crippen LogP contribution in [-0.4, -0.2) is 17.3 Å². The van der Waals surface area contributed by atoms with Crippen molar-refractivity contribution in [2.24, 2.45) is 0 Å². The Morgan fingerprint density at radius 2 is 1.90 bits per heavy atom. The first-order valence-electron chi connectivity index (χ1n) is 6.26. The zero-order valence-electron chi connectivity index (χ0n) is 11.2. The average molecular weight is 283 g/mol. The van der Waals surface area contributed by atoms with Crippen LogP contribution in [-0.2, 0) is 0 Å². The molecule has 0 N–H and O–H groups in total. The molecule has 0 heterocycles. The van der Waals surface area contributed by atoms with E-state index < -0.39 is 10.7 Å². The van der Waals surface area contributed by atoms with E-state index in [9.17, 15) is 14.9 Å². The van der Waals surface area contributed by atoms with Gasteiger partial charge < -0.3 is 4.74 Å². The van der Waals surface area contributed by atoms with E-state index in [1.54, 1.807) is 36.4 Å². The fourth-order valence-corrected chi connectivity index (χ4v) is 1.90. The van der Waals surface area contributed by atoms with Gasteiger partial charge in [-0.25, -0.2) is 0 Å². The first-order valence-corrected chi connectivity index (χ1v) is 6.26. The largest absolute Gasteiger partial charge is 0.483 e. The van der Waals surface area contributed by atoms with E-state index in [1.807, 2.05) is 0 Å². The Kier molecular flexibility index (Phi) is 4.46. The maximum absolute atomic E-state index is 12.4. The van der Waals surface area contributed by atoms with Gasteiger partial charge in [0.15, 0.2) is 11.5 Å². The predicted molar refractivity (Wildman–Crippen MR) is 78.7 cm³/mol. The van der Waals surface area contributed by atoms with Gasteiger partial charge in [0.25, 0.3) is 0 Å². The third-order valence-electron chi connectivity index (χ3n) is 2.82. The number of carbonyl (C=O) groups excluding carboxylic acids is 1. The van der Waals surface area contributed by atoms with E-state index in [1.165, 1.54) is 18.2 Å². The number of para-hydroxylation sites is 1. The number of nitro benzene ring substituents is 1. The van der Waals surface area contributed by atoms with Crippen LogP contribution < -0.4 is 4.74 Å². The quantitative estimate of drug-likeness (QED) is 0.352. The third kappa shape index (κ3) is 3.14. The minimum atomic E-state index is -0.603. The molecule has 5 heteroatoms. The second-order valence-corrected chi connectivity index (χ2v) is 4.20. The SMILES string of the molecule is C=CCOc1cccc(C(=O)c2ccccc2)c1[N+](=O)[O-]. The van der Waals surface area contributed by atoms with Gasteiger partial charge in [-0.05, 0) is 12.1 Å². The third-order valence-corrected chi connectivity index (χ3v) is 2.82. The highest BCUT2D eigenvalue weighted by Crippen LogP contribution is 2.32. The number of hydrogen-bond donors (Lipinski definition) is 0. The number of nitrogens with zero attached hydrogens (tertiary/aromatic N) is 1. The molecule has 2 aromatic rings. The first kappa shape index (κ1) is 14.5. The number of benzene rings is 2. The van der Waals surface area contributed by atoms with Crippen molar-refractivity contribution in [3.05, 3.63) is 82.4 Å². The van der Waals surface area contributed by atoms with Crippen LogP contribution in [0.25, 0.3) is 0 Å². The second kappa shape index (κ2) is 6.47. The Bertz CT molecular complexity index is 680. The predicted octanol–water partition coefficient (Wildman–Crippen LogP) is 3.39. The summed E-state index contributed by atoms with van der Waals surface area (Å²) >= 11 is 0. The minimum Gasteiger partial charge on any atom is -0.483 e. The Morgan fingerprint density at radius 1 is 1.19 bits per heavy atom. The van der Waals surface area contributed by atoms with Crippen molar-refractivity contribution in [3.63, 3.8) is 0 Å². The summed E-state index contributed by atoms with van der Waals surface area (Å²) < 4.78 is 5.26. The molecule has 21 heavy (non-hydrogen) atoms. The van der Waals surface area contributed by atoms with Crippen LogP contribution in [0.2, 0.25) is 0 Å². The number of ketones is 1. The van der Waals surface area contributed by atoms with E-state index in [0.717, 1.165) is 0 Å². The van der Waals surface area contributed by atoms with Crippen molar-refractivity contribution in [1.82, 2.24) is 0 Å². The highest BCUT2D eigenvalue weighted by molar-refractivity contribution is 6.12. The van der Waals surface area contributed by atoms with Crippen molar-refractivity contribution in [2.45, 2.75) is 0 Å². The van der Waals surface area contributed by atoms with Gasteiger partial charge in [0, 0.05) is 5.56 Å². The van der Waals surface area contributed by atoms with Crippen molar-refractivity contribution < 1.29 is 14.5 Å². The Labute approximate surface area is 121 Å². The van der Waals surface area contributed by atoms with E-state index in [0.29, 0.717) is 5.56 Å². The lowest BCUT2D eigenvalue weighted by Gasteiger charge is -2.08. The lowest BCUT2D eigenvalue weighted by molar-refractivity contribution is -0.386. The summed E-state index contributed by atoms with van der Waals surface area (Å²) in [5.41, 5.74) is 0.0717. The van der Waals surface area contributed by atoms with Gasteiger partial charge in [-0.2, -0.15) is 0 Å². The standard InChI is InChI=1S/C16H13NO4/c1-2-11-21-14-10-6-9-13(15(14)17(19)20)16(18)12-7-4-3-5-8-12/h2-10H,1,11H2. The van der Waals surface area contributed by atoms with Crippen molar-refractivity contribution in [1.29, 1.82) is 0 Å². The van der Waals surface area contributed by atoms with Gasteiger partial charge in [-0.1, -0.05) is 49.1 Å². The van der Waals surface area contributed by atoms with Gasteiger partial charge in [0.1, 0.15) is 12.2 Å². The summed E-state index contributed by atoms with van der Waals surface area (Å²) in [5, 5.41) is 11.3. The fraction of sp³-hybridized carbons (Fsp3) is 0.0625. The highest BCUT2D eigenvalue weighted by Gasteiger charge is 2.26. The van der Waals surface area contributed by atoms with Gasteiger partial charge >= 0.3 is 5.69 Å². The molecule has 0 bridgehead atoms. The molecule has 0 unspecified atom stereocenters. The minimum absolute atomic E-state index is 0.00719. The summed E-state index contributed by atoms with van der Waals surface area (Å²) in [6, 6.07) is 12.9. The van der Waals surface area contributed by atoms with Crippen LogP contribution in [0.5, 0.6) is 5.75 Å². The molecule has 0 fully saturated rings. The number of carbonyl (C=O) groups is 1. The summed E-state index contributed by atoms with van der Waals surface area (Å²) in [5.74, 6) is -0.354. The van der Waals surface area contributed by atoms with E-state index >= 15 is 0 Å². The monoisotopic (exact) mass is 283 g/mol. The molecule has 0 aliphatic carbocycles. The summed E-state index contributed by atoms with van der Waals surface area (Å²) in [6.45, 7) is 3.62. The smallest absolute Gasteiger partial charge is 0.322 e. The van der Waals surface area contributed by atoms with Crippen LogP contribution in [0.15, 0.2) is 61.2 Å². The average Bonchev–Trinajstić information content (AvgIpc) is 2.52. The van der Waals surface area contributed by atoms with Crippen LogP contribution in [0, 0.1) is 10.1 Å². The molecular formula is C16H13NO4. The zero-order valence-corrected chi connectivity index (χ0v) is 11.2. The lowest BCUT2D eigenvalue weighted by Crippen LogP contribution is -2.07. The Morgan fingerprint density at radius 3 is 2.52 bits per heavy atom. The first-order chi connectivity index (χ1) is 10.1. The van der Waals surface area contributed by atoms with Crippen molar-refractivity contribution >= 4 is 11.5 Å². The molecule has 0 amide bonds. The van der Waals surface area contributed by atoms with Crippen LogP contribution in [0.4, 0.5) is 5.69 Å². The molecule has 2 aromatic carbocycles. The maximum Gasteiger partial charge on any atom is 0.322 e. The van der Waals surface area contributed by atoms with Crippen LogP contribution in [0.1, 0.15) is 15.9 Å². The molecule has 0 aliphatic rings. The molecule has 0 saturated carbocycles. The Balaban J connectivity index is 2.50. The van der Waals surface area contributed by atoms with E-state index in [2.05, 4.69) is 6.58 Å². The number of rotatable bonds is 6. The van der Waals surface area contributed by atoms with Crippen LogP contribution >= 0.6 is 0 Å². The molecule has 2 rings (SSSR count). The zero-order chi connectivity index (χ0) is 15.2. The van der Waals surface area contributed by atoms with E-state index in [-0.39, 0.29) is 23.6 Å². The van der Waals surface area contributed by atoms with Gasteiger partial charge in [0.05, 0.1) is 4.92 Å².